The molecule has 1 atom stereocenters. The second-order valence-electron chi connectivity index (χ2n) is 3.71. The number of sulfonamides is 1. The summed E-state index contributed by atoms with van der Waals surface area (Å²) in [6.07, 6.45) is 0. The van der Waals surface area contributed by atoms with E-state index in [1.165, 1.54) is 0 Å². The van der Waals surface area contributed by atoms with Gasteiger partial charge in [0.2, 0.25) is 10.0 Å². The third kappa shape index (κ3) is 3.47. The first-order chi connectivity index (χ1) is 7.35. The van der Waals surface area contributed by atoms with Gasteiger partial charge in [-0.2, -0.15) is 0 Å². The van der Waals surface area contributed by atoms with Crippen LogP contribution in [-0.4, -0.2) is 20.2 Å². The molecule has 0 spiro atoms. The molecule has 0 aliphatic rings. The first-order valence-electron chi connectivity index (χ1n) is 4.84. The smallest absolute Gasteiger partial charge is 0.236 e. The van der Waals surface area contributed by atoms with Crippen molar-refractivity contribution in [1.29, 1.82) is 0 Å². The number of nitrogens with one attached hydrogen (secondary N) is 1. The Bertz CT molecular complexity index is 453. The van der Waals surface area contributed by atoms with E-state index < -0.39 is 15.3 Å². The van der Waals surface area contributed by atoms with Gasteiger partial charge in [-0.1, -0.05) is 15.9 Å². The number of benzene rings is 1. The van der Waals surface area contributed by atoms with E-state index in [0.717, 1.165) is 10.0 Å². The van der Waals surface area contributed by atoms with Crippen LogP contribution in [-0.2, 0) is 10.0 Å². The zero-order valence-electron chi connectivity index (χ0n) is 9.20. The van der Waals surface area contributed by atoms with Crippen molar-refractivity contribution in [3.8, 4) is 0 Å². The Morgan fingerprint density at radius 2 is 2.06 bits per heavy atom. The number of halogens is 1. The molecule has 1 aromatic carbocycles. The zero-order valence-corrected chi connectivity index (χ0v) is 11.6. The first-order valence-corrected chi connectivity index (χ1v) is 7.18. The predicted octanol–water partition coefficient (Wildman–Crippen LogP) is 1.85. The molecule has 0 bridgehead atoms. The normalized spacial score (nSPS) is 13.5. The van der Waals surface area contributed by atoms with Gasteiger partial charge in [0.05, 0.1) is 5.25 Å². The van der Waals surface area contributed by atoms with Crippen molar-refractivity contribution in [3.05, 3.63) is 28.2 Å². The highest BCUT2D eigenvalue weighted by Gasteiger charge is 2.18. The van der Waals surface area contributed by atoms with Crippen molar-refractivity contribution in [3.63, 3.8) is 0 Å². The van der Waals surface area contributed by atoms with E-state index in [2.05, 4.69) is 20.7 Å². The van der Waals surface area contributed by atoms with E-state index in [1.54, 1.807) is 19.1 Å². The van der Waals surface area contributed by atoms with Crippen LogP contribution in [0.5, 0.6) is 0 Å². The summed E-state index contributed by atoms with van der Waals surface area (Å²) in [6.45, 7) is 3.57. The van der Waals surface area contributed by atoms with E-state index >= 15 is 0 Å². The molecule has 16 heavy (non-hydrogen) atoms. The molecule has 0 aromatic heterocycles. The number of hydrogen-bond donors (Lipinski definition) is 2. The van der Waals surface area contributed by atoms with Gasteiger partial charge in [-0.05, 0) is 37.6 Å². The van der Waals surface area contributed by atoms with E-state index in [4.69, 9.17) is 5.73 Å². The summed E-state index contributed by atoms with van der Waals surface area (Å²) in [7, 11) is -3.39. The summed E-state index contributed by atoms with van der Waals surface area (Å²) in [5, 5.41) is -0.605. The molecular weight excluding hydrogens is 292 g/mol. The van der Waals surface area contributed by atoms with Crippen molar-refractivity contribution < 1.29 is 8.42 Å². The lowest BCUT2D eigenvalue weighted by molar-refractivity contribution is 0.589. The minimum atomic E-state index is -3.39. The maximum absolute atomic E-state index is 11.7. The van der Waals surface area contributed by atoms with Gasteiger partial charge in [0.25, 0.3) is 0 Å². The summed E-state index contributed by atoms with van der Waals surface area (Å²) < 4.78 is 26.8. The van der Waals surface area contributed by atoms with Gasteiger partial charge in [0, 0.05) is 16.7 Å². The third-order valence-corrected chi connectivity index (χ3v) is 4.39. The van der Waals surface area contributed by atoms with Crippen LogP contribution in [0.2, 0.25) is 0 Å². The van der Waals surface area contributed by atoms with Crippen molar-refractivity contribution in [1.82, 2.24) is 0 Å². The molecule has 0 aliphatic heterocycles. The molecule has 0 fully saturated rings. The summed E-state index contributed by atoms with van der Waals surface area (Å²) in [6, 6.07) is 5.39. The lowest BCUT2D eigenvalue weighted by Gasteiger charge is -2.13. The monoisotopic (exact) mass is 306 g/mol. The number of hydrogen-bond acceptors (Lipinski definition) is 3. The Kier molecular flexibility index (Phi) is 4.35. The topological polar surface area (TPSA) is 72.2 Å². The average Bonchev–Trinajstić information content (AvgIpc) is 2.13. The molecule has 1 aromatic rings. The fourth-order valence-electron chi connectivity index (χ4n) is 1.19. The van der Waals surface area contributed by atoms with E-state index in [9.17, 15) is 8.42 Å². The number of rotatable bonds is 4. The van der Waals surface area contributed by atoms with Crippen LogP contribution < -0.4 is 10.5 Å². The van der Waals surface area contributed by atoms with Crippen molar-refractivity contribution >= 4 is 31.6 Å². The Morgan fingerprint density at radius 3 is 2.56 bits per heavy atom. The maximum atomic E-state index is 11.7. The van der Waals surface area contributed by atoms with Gasteiger partial charge in [0.15, 0.2) is 0 Å². The van der Waals surface area contributed by atoms with Crippen LogP contribution in [0.25, 0.3) is 0 Å². The van der Waals surface area contributed by atoms with Crippen molar-refractivity contribution in [2.45, 2.75) is 19.1 Å². The minimum Gasteiger partial charge on any atom is -0.329 e. The summed E-state index contributed by atoms with van der Waals surface area (Å²) >= 11 is 3.32. The van der Waals surface area contributed by atoms with Crippen LogP contribution in [0.15, 0.2) is 22.7 Å². The lowest BCUT2D eigenvalue weighted by atomic mass is 10.2. The number of aryl methyl sites for hydroxylation is 1. The summed E-state index contributed by atoms with van der Waals surface area (Å²) in [5.41, 5.74) is 6.87. The Balaban J connectivity index is 2.97. The highest BCUT2D eigenvalue weighted by molar-refractivity contribution is 9.10. The Hall–Kier alpha value is -0.590. The lowest BCUT2D eigenvalue weighted by Crippen LogP contribution is -2.31. The van der Waals surface area contributed by atoms with Crippen LogP contribution in [0.1, 0.15) is 12.5 Å². The second kappa shape index (κ2) is 5.16. The summed E-state index contributed by atoms with van der Waals surface area (Å²) in [5.74, 6) is 0. The quantitative estimate of drug-likeness (QED) is 0.891. The molecule has 3 N–H and O–H groups in total. The molecule has 0 amide bonds. The molecule has 4 nitrogen and oxygen atoms in total. The fourth-order valence-corrected chi connectivity index (χ4v) is 2.70. The van der Waals surface area contributed by atoms with Gasteiger partial charge in [0.1, 0.15) is 0 Å². The Morgan fingerprint density at radius 1 is 1.44 bits per heavy atom. The van der Waals surface area contributed by atoms with Crippen LogP contribution in [0.4, 0.5) is 5.69 Å². The molecule has 90 valence electrons. The maximum Gasteiger partial charge on any atom is 0.236 e. The molecule has 0 heterocycles. The van der Waals surface area contributed by atoms with Gasteiger partial charge >= 0.3 is 0 Å². The predicted molar refractivity (Wildman–Crippen MR) is 69.9 cm³/mol. The average molecular weight is 307 g/mol. The van der Waals surface area contributed by atoms with Crippen LogP contribution in [0, 0.1) is 6.92 Å². The molecule has 6 heteroatoms. The molecule has 0 radical (unpaired) electrons. The fraction of sp³-hybridized carbons (Fsp3) is 0.400. The largest absolute Gasteiger partial charge is 0.329 e. The molecular formula is C10H15BrN2O2S. The number of anilines is 1. The standard InChI is InChI=1S/C10H15BrN2O2S/c1-7-3-9(11)5-10(4-7)13-16(14,15)8(2)6-12/h3-5,8,13H,6,12H2,1-2H3. The van der Waals surface area contributed by atoms with E-state index in [0.29, 0.717) is 5.69 Å². The molecule has 0 aliphatic carbocycles. The molecule has 0 saturated carbocycles. The minimum absolute atomic E-state index is 0.0995. The number of nitrogens with two attached hydrogens (primary N) is 1. The Labute approximate surface area is 104 Å². The van der Waals surface area contributed by atoms with Crippen molar-refractivity contribution in [2.24, 2.45) is 5.73 Å². The highest BCUT2D eigenvalue weighted by atomic mass is 79.9. The summed E-state index contributed by atoms with van der Waals surface area (Å²) in [4.78, 5) is 0. The van der Waals surface area contributed by atoms with Crippen molar-refractivity contribution in [2.75, 3.05) is 11.3 Å². The van der Waals surface area contributed by atoms with Gasteiger partial charge in [-0.3, -0.25) is 4.72 Å². The van der Waals surface area contributed by atoms with E-state index in [1.807, 2.05) is 13.0 Å². The first kappa shape index (κ1) is 13.5. The third-order valence-electron chi connectivity index (χ3n) is 2.16. The SMILES string of the molecule is Cc1cc(Br)cc(NS(=O)(=O)C(C)CN)c1. The van der Waals surface area contributed by atoms with Gasteiger partial charge in [-0.25, -0.2) is 8.42 Å². The highest BCUT2D eigenvalue weighted by Crippen LogP contribution is 2.20. The van der Waals surface area contributed by atoms with Crippen LogP contribution >= 0.6 is 15.9 Å². The van der Waals surface area contributed by atoms with Gasteiger partial charge < -0.3 is 5.73 Å². The molecule has 1 rings (SSSR count). The second-order valence-corrected chi connectivity index (χ2v) is 6.73. The van der Waals surface area contributed by atoms with Crippen LogP contribution in [0.3, 0.4) is 0 Å². The van der Waals surface area contributed by atoms with Gasteiger partial charge in [-0.15, -0.1) is 0 Å². The molecule has 0 saturated heterocycles. The zero-order chi connectivity index (χ0) is 12.3. The molecule has 1 unspecified atom stereocenters. The van der Waals surface area contributed by atoms with E-state index in [-0.39, 0.29) is 6.54 Å².